The Morgan fingerprint density at radius 2 is 1.90 bits per heavy atom. The fraction of sp³-hybridized carbons (Fsp3) is 0.190. The Kier molecular flexibility index (Phi) is 6.63. The van der Waals surface area contributed by atoms with Gasteiger partial charge < -0.3 is 20.5 Å². The van der Waals surface area contributed by atoms with E-state index in [1.54, 1.807) is 12.1 Å². The maximum Gasteiger partial charge on any atom is 0.277 e. The van der Waals surface area contributed by atoms with Gasteiger partial charge in [0.1, 0.15) is 5.69 Å². The molecule has 0 aliphatic heterocycles. The van der Waals surface area contributed by atoms with E-state index in [-0.39, 0.29) is 17.1 Å². The fourth-order valence-electron chi connectivity index (χ4n) is 2.74. The van der Waals surface area contributed by atoms with Gasteiger partial charge in [-0.25, -0.2) is 4.98 Å². The van der Waals surface area contributed by atoms with Crippen molar-refractivity contribution in [2.75, 3.05) is 25.3 Å². The smallest absolute Gasteiger partial charge is 0.277 e. The summed E-state index contributed by atoms with van der Waals surface area (Å²) in [5.41, 5.74) is 7.89. The van der Waals surface area contributed by atoms with E-state index in [1.165, 1.54) is 32.0 Å². The summed E-state index contributed by atoms with van der Waals surface area (Å²) in [7, 11) is 2.97. The summed E-state index contributed by atoms with van der Waals surface area (Å²) < 4.78 is 10.4. The average Bonchev–Trinajstić information content (AvgIpc) is 2.75. The Hall–Kier alpha value is -3.46. The number of amides is 1. The quantitative estimate of drug-likeness (QED) is 0.392. The number of hydrogen-bond donors (Lipinski definition) is 3. The van der Waals surface area contributed by atoms with Gasteiger partial charge in [-0.3, -0.25) is 14.6 Å². The largest absolute Gasteiger partial charge is 0.493 e. The number of aryl methyl sites for hydroxylation is 1. The predicted octanol–water partition coefficient (Wildman–Crippen LogP) is 3.22. The second kappa shape index (κ2) is 9.36. The first-order valence-electron chi connectivity index (χ1n) is 9.03. The van der Waals surface area contributed by atoms with Gasteiger partial charge >= 0.3 is 0 Å². The number of aromatic amines is 1. The van der Waals surface area contributed by atoms with Crippen molar-refractivity contribution >= 4 is 29.2 Å². The number of nitrogens with zero attached hydrogens (tertiary/aromatic N) is 1. The molecule has 9 heteroatoms. The highest BCUT2D eigenvalue weighted by molar-refractivity contribution is 7.98. The van der Waals surface area contributed by atoms with Crippen LogP contribution < -0.4 is 26.1 Å². The van der Waals surface area contributed by atoms with Crippen LogP contribution in [0, 0.1) is 6.92 Å². The van der Waals surface area contributed by atoms with E-state index >= 15 is 0 Å². The van der Waals surface area contributed by atoms with Crippen molar-refractivity contribution in [3.63, 3.8) is 0 Å². The van der Waals surface area contributed by atoms with Crippen LogP contribution in [0.1, 0.15) is 21.5 Å². The number of aromatic nitrogens is 2. The van der Waals surface area contributed by atoms with Crippen LogP contribution in [0.15, 0.2) is 52.4 Å². The van der Waals surface area contributed by atoms with E-state index in [4.69, 9.17) is 15.2 Å². The molecule has 0 radical (unpaired) electrons. The monoisotopic (exact) mass is 426 g/mol. The molecule has 0 saturated carbocycles. The SMILES string of the molecule is COc1ccc(C(=O)Nc2c(N)nc(SCc3ccccc3C)[nH]c2=O)cc1OC. The summed E-state index contributed by atoms with van der Waals surface area (Å²) in [5, 5.41) is 2.90. The van der Waals surface area contributed by atoms with Crippen molar-refractivity contribution in [3.05, 3.63) is 69.5 Å². The zero-order valence-electron chi connectivity index (χ0n) is 16.8. The van der Waals surface area contributed by atoms with Gasteiger partial charge in [-0.1, -0.05) is 36.0 Å². The van der Waals surface area contributed by atoms with Crippen molar-refractivity contribution in [1.29, 1.82) is 0 Å². The highest BCUT2D eigenvalue weighted by atomic mass is 32.2. The van der Waals surface area contributed by atoms with Gasteiger partial charge in [0.2, 0.25) is 0 Å². The lowest BCUT2D eigenvalue weighted by atomic mass is 10.1. The van der Waals surface area contributed by atoms with Crippen molar-refractivity contribution in [2.24, 2.45) is 0 Å². The number of carbonyl (C=O) groups is 1. The van der Waals surface area contributed by atoms with E-state index < -0.39 is 11.5 Å². The van der Waals surface area contributed by atoms with Crippen LogP contribution in [-0.2, 0) is 5.75 Å². The summed E-state index contributed by atoms with van der Waals surface area (Å²) in [6.45, 7) is 2.02. The molecule has 0 atom stereocenters. The molecule has 3 rings (SSSR count). The summed E-state index contributed by atoms with van der Waals surface area (Å²) in [6.07, 6.45) is 0. The van der Waals surface area contributed by atoms with E-state index in [0.717, 1.165) is 11.1 Å². The number of hydrogen-bond acceptors (Lipinski definition) is 7. The lowest BCUT2D eigenvalue weighted by molar-refractivity contribution is 0.102. The van der Waals surface area contributed by atoms with Crippen LogP contribution in [0.5, 0.6) is 11.5 Å². The first kappa shape index (κ1) is 21.3. The van der Waals surface area contributed by atoms with E-state index in [9.17, 15) is 9.59 Å². The van der Waals surface area contributed by atoms with Crippen LogP contribution in [0.2, 0.25) is 0 Å². The molecule has 0 spiro atoms. The van der Waals surface area contributed by atoms with E-state index in [2.05, 4.69) is 15.3 Å². The lowest BCUT2D eigenvalue weighted by Crippen LogP contribution is -2.23. The highest BCUT2D eigenvalue weighted by Gasteiger charge is 2.16. The number of methoxy groups -OCH3 is 2. The molecule has 0 fully saturated rings. The lowest BCUT2D eigenvalue weighted by Gasteiger charge is -2.11. The number of ether oxygens (including phenoxy) is 2. The molecular formula is C21H22N4O4S. The molecular weight excluding hydrogens is 404 g/mol. The second-order valence-electron chi connectivity index (χ2n) is 6.37. The normalized spacial score (nSPS) is 10.5. The van der Waals surface area contributed by atoms with E-state index in [1.807, 2.05) is 31.2 Å². The van der Waals surface area contributed by atoms with Crippen LogP contribution in [0.25, 0.3) is 0 Å². The Labute approximate surface area is 177 Å². The summed E-state index contributed by atoms with van der Waals surface area (Å²) in [4.78, 5) is 31.9. The fourth-order valence-corrected chi connectivity index (χ4v) is 3.68. The highest BCUT2D eigenvalue weighted by Crippen LogP contribution is 2.28. The first-order valence-corrected chi connectivity index (χ1v) is 10.0. The summed E-state index contributed by atoms with van der Waals surface area (Å²) in [6, 6.07) is 12.6. The number of rotatable bonds is 7. The Balaban J connectivity index is 1.76. The van der Waals surface area contributed by atoms with Crippen molar-refractivity contribution in [2.45, 2.75) is 17.8 Å². The first-order chi connectivity index (χ1) is 14.4. The second-order valence-corrected chi connectivity index (χ2v) is 7.33. The Morgan fingerprint density at radius 1 is 1.17 bits per heavy atom. The Morgan fingerprint density at radius 3 is 2.57 bits per heavy atom. The van der Waals surface area contributed by atoms with Crippen LogP contribution in [0.4, 0.5) is 11.5 Å². The third-order valence-electron chi connectivity index (χ3n) is 4.44. The average molecular weight is 426 g/mol. The molecule has 1 aromatic heterocycles. The van der Waals surface area contributed by atoms with Crippen LogP contribution >= 0.6 is 11.8 Å². The minimum atomic E-state index is -0.524. The number of nitrogens with two attached hydrogens (primary N) is 1. The number of nitrogens with one attached hydrogen (secondary N) is 2. The molecule has 0 unspecified atom stereocenters. The molecule has 156 valence electrons. The minimum absolute atomic E-state index is 0.0557. The van der Waals surface area contributed by atoms with E-state index in [0.29, 0.717) is 22.4 Å². The number of carbonyl (C=O) groups excluding carboxylic acids is 1. The number of H-pyrrole nitrogens is 1. The third-order valence-corrected chi connectivity index (χ3v) is 5.36. The van der Waals surface area contributed by atoms with Gasteiger partial charge in [0.05, 0.1) is 14.2 Å². The molecule has 1 amide bonds. The van der Waals surface area contributed by atoms with Crippen LogP contribution in [-0.4, -0.2) is 30.1 Å². The molecule has 0 bridgehead atoms. The number of anilines is 2. The third kappa shape index (κ3) is 4.74. The van der Waals surface area contributed by atoms with Gasteiger partial charge in [0.15, 0.2) is 22.5 Å². The Bertz CT molecular complexity index is 1130. The summed E-state index contributed by atoms with van der Waals surface area (Å²) in [5.74, 6) is 0.943. The molecule has 0 saturated heterocycles. The number of thioether (sulfide) groups is 1. The number of benzene rings is 2. The van der Waals surface area contributed by atoms with Gasteiger partial charge in [-0.15, -0.1) is 0 Å². The maximum absolute atomic E-state index is 12.6. The maximum atomic E-state index is 12.6. The molecule has 8 nitrogen and oxygen atoms in total. The number of nitrogen functional groups attached to an aromatic ring is 1. The molecule has 0 aliphatic carbocycles. The minimum Gasteiger partial charge on any atom is -0.493 e. The topological polar surface area (TPSA) is 119 Å². The standard InChI is InChI=1S/C21H22N4O4S/c1-12-6-4-5-7-14(12)11-30-21-24-18(22)17(20(27)25-21)23-19(26)13-8-9-15(28-2)16(10-13)29-3/h4-10H,11H2,1-3H3,(H,23,26)(H3,22,24,25,27). The predicted molar refractivity (Wildman–Crippen MR) is 118 cm³/mol. The molecule has 4 N–H and O–H groups in total. The van der Waals surface area contributed by atoms with Gasteiger partial charge in [0, 0.05) is 11.3 Å². The van der Waals surface area contributed by atoms with Crippen molar-refractivity contribution in [3.8, 4) is 11.5 Å². The van der Waals surface area contributed by atoms with Gasteiger partial charge in [0.25, 0.3) is 11.5 Å². The molecule has 30 heavy (non-hydrogen) atoms. The molecule has 3 aromatic rings. The van der Waals surface area contributed by atoms with Crippen molar-refractivity contribution < 1.29 is 14.3 Å². The molecule has 2 aromatic carbocycles. The molecule has 1 heterocycles. The zero-order chi connectivity index (χ0) is 21.7. The molecule has 0 aliphatic rings. The van der Waals surface area contributed by atoms with Crippen molar-refractivity contribution in [1.82, 2.24) is 9.97 Å². The van der Waals surface area contributed by atoms with Gasteiger partial charge in [-0.2, -0.15) is 0 Å². The zero-order valence-corrected chi connectivity index (χ0v) is 17.6. The van der Waals surface area contributed by atoms with Crippen LogP contribution in [0.3, 0.4) is 0 Å². The van der Waals surface area contributed by atoms with Gasteiger partial charge in [-0.05, 0) is 36.2 Å². The summed E-state index contributed by atoms with van der Waals surface area (Å²) >= 11 is 1.36.